The third-order valence-electron chi connectivity index (χ3n) is 3.94. The third kappa shape index (κ3) is 2.68. The molecular formula is C16H20N2O3. The Labute approximate surface area is 124 Å². The second kappa shape index (κ2) is 5.68. The molecule has 1 heterocycles. The molecule has 0 aliphatic carbocycles. The Morgan fingerprint density at radius 2 is 2.10 bits per heavy atom. The van der Waals surface area contributed by atoms with Crippen molar-refractivity contribution >= 4 is 17.4 Å². The van der Waals surface area contributed by atoms with Crippen LogP contribution in [0.1, 0.15) is 44.7 Å². The Hall–Kier alpha value is -2.17. The summed E-state index contributed by atoms with van der Waals surface area (Å²) >= 11 is 0. The van der Waals surface area contributed by atoms with Crippen LogP contribution < -0.4 is 0 Å². The van der Waals surface area contributed by atoms with Crippen LogP contribution in [-0.2, 0) is 9.53 Å². The third-order valence-corrected chi connectivity index (χ3v) is 3.94. The van der Waals surface area contributed by atoms with E-state index in [0.29, 0.717) is 5.71 Å². The molecule has 1 aliphatic heterocycles. The van der Waals surface area contributed by atoms with Gasteiger partial charge in [-0.05, 0) is 26.3 Å². The monoisotopic (exact) mass is 288 g/mol. The summed E-state index contributed by atoms with van der Waals surface area (Å²) in [5.41, 5.74) is 1.73. The van der Waals surface area contributed by atoms with Crippen molar-refractivity contribution < 1.29 is 14.7 Å². The van der Waals surface area contributed by atoms with Gasteiger partial charge in [0.1, 0.15) is 5.71 Å². The Morgan fingerprint density at radius 1 is 1.43 bits per heavy atom. The van der Waals surface area contributed by atoms with E-state index < -0.39 is 11.5 Å². The summed E-state index contributed by atoms with van der Waals surface area (Å²) in [6.07, 6.45) is 0. The highest BCUT2D eigenvalue weighted by Gasteiger charge is 2.37. The molecule has 2 rings (SSSR count). The number of ether oxygens (including phenoxy) is 1. The van der Waals surface area contributed by atoms with Gasteiger partial charge in [-0.15, -0.1) is 0 Å². The molecule has 1 aromatic carbocycles. The van der Waals surface area contributed by atoms with Crippen molar-refractivity contribution in [3.8, 4) is 0 Å². The predicted molar refractivity (Wildman–Crippen MR) is 81.3 cm³/mol. The maximum absolute atomic E-state index is 12.0. The minimum Gasteiger partial charge on any atom is -0.461 e. The molecule has 0 saturated heterocycles. The van der Waals surface area contributed by atoms with Crippen molar-refractivity contribution in [2.45, 2.75) is 39.2 Å². The molecule has 0 saturated carbocycles. The maximum atomic E-state index is 12.0. The van der Waals surface area contributed by atoms with E-state index >= 15 is 0 Å². The predicted octanol–water partition coefficient (Wildman–Crippen LogP) is 2.76. The number of carbonyl (C=O) groups excluding carboxylic acids is 1. The van der Waals surface area contributed by atoms with Crippen LogP contribution in [0, 0.1) is 0 Å². The average Bonchev–Trinajstić information content (AvgIpc) is 2.45. The van der Waals surface area contributed by atoms with Crippen molar-refractivity contribution in [3.05, 3.63) is 35.4 Å². The van der Waals surface area contributed by atoms with Gasteiger partial charge in [-0.2, -0.15) is 0 Å². The molecule has 0 spiro atoms. The highest BCUT2D eigenvalue weighted by Crippen LogP contribution is 2.37. The van der Waals surface area contributed by atoms with Crippen LogP contribution in [0.4, 0.5) is 0 Å². The number of benzene rings is 1. The molecule has 1 aliphatic rings. The molecule has 0 unspecified atom stereocenters. The second-order valence-electron chi connectivity index (χ2n) is 5.59. The lowest BCUT2D eigenvalue weighted by Gasteiger charge is -2.35. The first-order valence-electron chi connectivity index (χ1n) is 7.01. The minimum absolute atomic E-state index is 0.149. The number of esters is 1. The van der Waals surface area contributed by atoms with Gasteiger partial charge < -0.3 is 9.94 Å². The minimum atomic E-state index is -0.668. The molecule has 0 fully saturated rings. The molecule has 1 N–H and O–H groups in total. The van der Waals surface area contributed by atoms with Crippen molar-refractivity contribution in [1.82, 2.24) is 0 Å². The number of oxime groups is 1. The molecule has 21 heavy (non-hydrogen) atoms. The number of carbonyl (C=O) groups is 1. The molecule has 5 nitrogen and oxygen atoms in total. The lowest BCUT2D eigenvalue weighted by atomic mass is 9.77. The fraction of sp³-hybridized carbons (Fsp3) is 0.438. The Balaban J connectivity index is 2.58. The lowest BCUT2D eigenvalue weighted by Crippen LogP contribution is -2.38. The van der Waals surface area contributed by atoms with Gasteiger partial charge in [0.25, 0.3) is 0 Å². The average molecular weight is 288 g/mol. The summed E-state index contributed by atoms with van der Waals surface area (Å²) in [6.45, 7) is 8.00. The summed E-state index contributed by atoms with van der Waals surface area (Å²) in [4.78, 5) is 16.6. The zero-order valence-corrected chi connectivity index (χ0v) is 12.8. The normalized spacial score (nSPS) is 20.5. The van der Waals surface area contributed by atoms with E-state index in [9.17, 15) is 10.0 Å². The first kappa shape index (κ1) is 15.2. The SMILES string of the molecule is CCOC(=O)/C(=N\O)C1=NC(C)(C)[C@@H](C)c2ccccc21. The van der Waals surface area contributed by atoms with Gasteiger partial charge in [0.2, 0.25) is 5.71 Å². The highest BCUT2D eigenvalue weighted by atomic mass is 16.5. The van der Waals surface area contributed by atoms with Crippen LogP contribution in [0.15, 0.2) is 34.4 Å². The zero-order chi connectivity index (χ0) is 15.6. The van der Waals surface area contributed by atoms with E-state index in [2.05, 4.69) is 17.1 Å². The highest BCUT2D eigenvalue weighted by molar-refractivity contribution is 6.69. The number of hydrogen-bond acceptors (Lipinski definition) is 5. The fourth-order valence-corrected chi connectivity index (χ4v) is 2.48. The quantitative estimate of drug-likeness (QED) is 0.402. The topological polar surface area (TPSA) is 71.2 Å². The van der Waals surface area contributed by atoms with Gasteiger partial charge >= 0.3 is 5.97 Å². The van der Waals surface area contributed by atoms with Gasteiger partial charge in [0.05, 0.1) is 12.1 Å². The molecule has 0 radical (unpaired) electrons. The maximum Gasteiger partial charge on any atom is 0.362 e. The Kier molecular flexibility index (Phi) is 4.11. The van der Waals surface area contributed by atoms with Crippen LogP contribution >= 0.6 is 0 Å². The van der Waals surface area contributed by atoms with Crippen LogP contribution in [0.3, 0.4) is 0 Å². The Morgan fingerprint density at radius 3 is 2.71 bits per heavy atom. The van der Waals surface area contributed by atoms with Crippen molar-refractivity contribution in [2.24, 2.45) is 10.1 Å². The first-order chi connectivity index (χ1) is 9.92. The zero-order valence-electron chi connectivity index (χ0n) is 12.8. The van der Waals surface area contributed by atoms with Gasteiger partial charge in [-0.3, -0.25) is 4.99 Å². The lowest BCUT2D eigenvalue weighted by molar-refractivity contribution is -0.134. The van der Waals surface area contributed by atoms with Crippen LogP contribution in [0.5, 0.6) is 0 Å². The number of hydrogen-bond donors (Lipinski definition) is 1. The van der Waals surface area contributed by atoms with Crippen molar-refractivity contribution in [3.63, 3.8) is 0 Å². The smallest absolute Gasteiger partial charge is 0.362 e. The largest absolute Gasteiger partial charge is 0.461 e. The number of aliphatic imine (C=N–C) groups is 1. The van der Waals surface area contributed by atoms with Gasteiger partial charge in [0, 0.05) is 11.5 Å². The summed E-state index contributed by atoms with van der Waals surface area (Å²) < 4.78 is 4.95. The van der Waals surface area contributed by atoms with E-state index in [4.69, 9.17) is 4.74 Å². The molecule has 0 bridgehead atoms. The fourth-order valence-electron chi connectivity index (χ4n) is 2.48. The summed E-state index contributed by atoms with van der Waals surface area (Å²) in [5.74, 6) is -0.474. The second-order valence-corrected chi connectivity index (χ2v) is 5.59. The van der Waals surface area contributed by atoms with Crippen molar-refractivity contribution in [2.75, 3.05) is 6.61 Å². The number of rotatable bonds is 3. The van der Waals surface area contributed by atoms with E-state index in [1.165, 1.54) is 0 Å². The summed E-state index contributed by atoms with van der Waals surface area (Å²) in [7, 11) is 0. The van der Waals surface area contributed by atoms with Gasteiger partial charge in [-0.1, -0.05) is 36.3 Å². The van der Waals surface area contributed by atoms with E-state index in [1.54, 1.807) is 6.92 Å². The number of nitrogens with zero attached hydrogens (tertiary/aromatic N) is 2. The van der Waals surface area contributed by atoms with Crippen molar-refractivity contribution in [1.29, 1.82) is 0 Å². The van der Waals surface area contributed by atoms with E-state index in [1.807, 2.05) is 38.1 Å². The standard InChI is InChI=1S/C16H20N2O3/c1-5-21-15(19)14(18-20)13-12-9-7-6-8-11(12)10(2)16(3,4)17-13/h6-10,20H,5H2,1-4H3/b18-14-/t10-/m0/s1. The molecular weight excluding hydrogens is 268 g/mol. The van der Waals surface area contributed by atoms with Crippen LogP contribution in [-0.4, -0.2) is 34.7 Å². The van der Waals surface area contributed by atoms with Gasteiger partial charge in [0.15, 0.2) is 0 Å². The molecule has 112 valence electrons. The number of fused-ring (bicyclic) bond motifs is 1. The summed E-state index contributed by atoms with van der Waals surface area (Å²) in [6, 6.07) is 7.72. The van der Waals surface area contributed by atoms with E-state index in [0.717, 1.165) is 11.1 Å². The molecule has 0 aromatic heterocycles. The molecule has 1 aromatic rings. The summed E-state index contributed by atoms with van der Waals surface area (Å²) in [5, 5.41) is 12.4. The van der Waals surface area contributed by atoms with E-state index in [-0.39, 0.29) is 18.2 Å². The van der Waals surface area contributed by atoms with Gasteiger partial charge in [-0.25, -0.2) is 4.79 Å². The molecule has 5 heteroatoms. The Bertz CT molecular complexity index is 618. The van der Waals surface area contributed by atoms with Crippen LogP contribution in [0.2, 0.25) is 0 Å². The van der Waals surface area contributed by atoms with Crippen LogP contribution in [0.25, 0.3) is 0 Å². The molecule has 0 amide bonds. The first-order valence-corrected chi connectivity index (χ1v) is 7.01. The molecule has 1 atom stereocenters.